The first kappa shape index (κ1) is 22.9. The number of rotatable bonds is 4. The molecule has 3 rings (SSSR count). The van der Waals surface area contributed by atoms with Gasteiger partial charge in [0.25, 0.3) is 0 Å². The lowest BCUT2D eigenvalue weighted by Crippen LogP contribution is -2.68. The van der Waals surface area contributed by atoms with Crippen LogP contribution in [0.1, 0.15) is 58.8 Å². The predicted octanol–water partition coefficient (Wildman–Crippen LogP) is 3.14. The van der Waals surface area contributed by atoms with Gasteiger partial charge in [0, 0.05) is 12.6 Å². The fourth-order valence-electron chi connectivity index (χ4n) is 5.48. The minimum absolute atomic E-state index is 0.0204. The fraction of sp³-hybridized carbons (Fsp3) is 0.857. The first-order chi connectivity index (χ1) is 14.0. The van der Waals surface area contributed by atoms with E-state index in [0.29, 0.717) is 25.7 Å². The van der Waals surface area contributed by atoms with E-state index < -0.39 is 30.0 Å². The zero-order valence-electron chi connectivity index (χ0n) is 17.8. The number of esters is 1. The van der Waals surface area contributed by atoms with Gasteiger partial charge in [-0.1, -0.05) is 0 Å². The summed E-state index contributed by atoms with van der Waals surface area (Å²) in [6, 6.07) is -1.23. The van der Waals surface area contributed by atoms with Crippen molar-refractivity contribution in [2.75, 3.05) is 13.7 Å². The van der Waals surface area contributed by atoms with E-state index in [1.165, 1.54) is 16.9 Å². The molecule has 0 N–H and O–H groups in total. The number of alkyl halides is 3. The molecule has 3 aliphatic rings. The average molecular weight is 432 g/mol. The van der Waals surface area contributed by atoms with Gasteiger partial charge in [0.1, 0.15) is 0 Å². The molecular weight excluding hydrogens is 401 g/mol. The Kier molecular flexibility index (Phi) is 6.67. The van der Waals surface area contributed by atoms with E-state index in [1.807, 2.05) is 0 Å². The Labute approximate surface area is 175 Å². The van der Waals surface area contributed by atoms with Crippen molar-refractivity contribution in [2.24, 2.45) is 17.8 Å². The molecule has 0 spiro atoms. The van der Waals surface area contributed by atoms with Crippen molar-refractivity contribution in [3.05, 3.63) is 0 Å². The molecule has 2 amide bonds. The van der Waals surface area contributed by atoms with Gasteiger partial charge in [0.05, 0.1) is 31.0 Å². The Morgan fingerprint density at radius 1 is 1.03 bits per heavy atom. The van der Waals surface area contributed by atoms with Crippen LogP contribution in [0, 0.1) is 17.8 Å². The van der Waals surface area contributed by atoms with E-state index in [-0.39, 0.29) is 55.7 Å². The van der Waals surface area contributed by atoms with Crippen LogP contribution in [-0.4, -0.2) is 65.5 Å². The molecule has 0 radical (unpaired) electrons. The van der Waals surface area contributed by atoms with Gasteiger partial charge in [-0.15, -0.1) is 0 Å². The number of hydrogen-bond acceptors (Lipinski definition) is 4. The third-order valence-corrected chi connectivity index (χ3v) is 7.07. The number of amides is 2. The van der Waals surface area contributed by atoms with E-state index in [0.717, 1.165) is 0 Å². The number of ether oxygens (including phenoxy) is 1. The van der Waals surface area contributed by atoms with Crippen molar-refractivity contribution >= 4 is 17.8 Å². The maximum atomic E-state index is 13.4. The molecule has 1 aliphatic heterocycles. The molecule has 2 saturated carbocycles. The molecule has 30 heavy (non-hydrogen) atoms. The molecule has 0 bridgehead atoms. The molecule has 3 atom stereocenters. The molecule has 6 nitrogen and oxygen atoms in total. The molecule has 0 aromatic rings. The molecule has 0 aromatic carbocycles. The van der Waals surface area contributed by atoms with E-state index in [1.54, 1.807) is 13.8 Å². The number of piperazine rings is 1. The van der Waals surface area contributed by atoms with Crippen LogP contribution in [0.3, 0.4) is 0 Å². The second-order valence-corrected chi connectivity index (χ2v) is 9.19. The van der Waals surface area contributed by atoms with Gasteiger partial charge in [-0.25, -0.2) is 0 Å². The summed E-state index contributed by atoms with van der Waals surface area (Å²) in [7, 11) is 1.35. The van der Waals surface area contributed by atoms with Crippen LogP contribution < -0.4 is 0 Å². The van der Waals surface area contributed by atoms with Crippen molar-refractivity contribution < 1.29 is 32.3 Å². The highest BCUT2D eigenvalue weighted by atomic mass is 19.4. The van der Waals surface area contributed by atoms with Crippen molar-refractivity contribution in [1.82, 2.24) is 9.80 Å². The summed E-state index contributed by atoms with van der Waals surface area (Å²) in [6.45, 7) is 3.86. The van der Waals surface area contributed by atoms with Crippen LogP contribution >= 0.6 is 0 Å². The number of carbonyl (C=O) groups excluding carboxylic acids is 3. The van der Waals surface area contributed by atoms with Gasteiger partial charge in [-0.05, 0) is 64.7 Å². The van der Waals surface area contributed by atoms with E-state index >= 15 is 0 Å². The number of carbonyl (C=O) groups is 3. The topological polar surface area (TPSA) is 66.9 Å². The second-order valence-electron chi connectivity index (χ2n) is 9.19. The highest BCUT2D eigenvalue weighted by Gasteiger charge is 2.53. The summed E-state index contributed by atoms with van der Waals surface area (Å²) in [6.07, 6.45) is -1.60. The van der Waals surface area contributed by atoms with Gasteiger partial charge in [-0.2, -0.15) is 13.2 Å². The molecule has 9 heteroatoms. The predicted molar refractivity (Wildman–Crippen MR) is 102 cm³/mol. The van der Waals surface area contributed by atoms with Gasteiger partial charge in [-0.3, -0.25) is 14.4 Å². The molecule has 0 aromatic heterocycles. The van der Waals surface area contributed by atoms with Crippen molar-refractivity contribution in [3.63, 3.8) is 0 Å². The van der Waals surface area contributed by atoms with Crippen molar-refractivity contribution in [1.29, 1.82) is 0 Å². The Hall–Kier alpha value is -1.80. The number of methoxy groups -OCH3 is 1. The number of fused-ring (bicyclic) bond motifs is 1. The smallest absolute Gasteiger partial charge is 0.391 e. The van der Waals surface area contributed by atoms with Crippen LogP contribution in [0.4, 0.5) is 13.2 Å². The van der Waals surface area contributed by atoms with Crippen LogP contribution in [0.15, 0.2) is 0 Å². The molecule has 3 fully saturated rings. The first-order valence-corrected chi connectivity index (χ1v) is 10.8. The highest BCUT2D eigenvalue weighted by Crippen LogP contribution is 2.43. The standard InChI is InChI=1S/C21H31F3N2O4/c1-12(2)26-16-9-8-15(21(22,23)24)10-17(16)25(18(27)19(26)28)11-13-4-6-14(7-5-13)20(29)30-3/h12-17H,4-11H2,1-3H3. The monoisotopic (exact) mass is 432 g/mol. The normalized spacial score (nSPS) is 33.0. The van der Waals surface area contributed by atoms with Crippen LogP contribution in [0.5, 0.6) is 0 Å². The number of nitrogens with zero attached hydrogens (tertiary/aromatic N) is 2. The summed E-state index contributed by atoms with van der Waals surface area (Å²) in [5.74, 6) is -3.10. The molecule has 3 unspecified atom stereocenters. The zero-order valence-corrected chi connectivity index (χ0v) is 17.8. The summed E-state index contributed by atoms with van der Waals surface area (Å²) < 4.78 is 45.1. The van der Waals surface area contributed by atoms with E-state index in [2.05, 4.69) is 0 Å². The maximum absolute atomic E-state index is 13.4. The minimum Gasteiger partial charge on any atom is -0.469 e. The summed E-state index contributed by atoms with van der Waals surface area (Å²) in [5.41, 5.74) is 0. The van der Waals surface area contributed by atoms with Crippen LogP contribution in [0.25, 0.3) is 0 Å². The lowest BCUT2D eigenvalue weighted by molar-refractivity contribution is -0.198. The van der Waals surface area contributed by atoms with Gasteiger partial charge in [0.2, 0.25) is 0 Å². The van der Waals surface area contributed by atoms with Gasteiger partial charge in [0.15, 0.2) is 0 Å². The van der Waals surface area contributed by atoms with Gasteiger partial charge >= 0.3 is 24.0 Å². The second kappa shape index (κ2) is 8.75. The Balaban J connectivity index is 1.77. The van der Waals surface area contributed by atoms with Crippen molar-refractivity contribution in [3.8, 4) is 0 Å². The lowest BCUT2D eigenvalue weighted by atomic mass is 9.77. The summed E-state index contributed by atoms with van der Waals surface area (Å²) in [4.78, 5) is 40.4. The fourth-order valence-corrected chi connectivity index (χ4v) is 5.48. The third kappa shape index (κ3) is 4.44. The zero-order chi connectivity index (χ0) is 22.2. The maximum Gasteiger partial charge on any atom is 0.391 e. The van der Waals surface area contributed by atoms with Crippen molar-refractivity contribution in [2.45, 2.75) is 83.1 Å². The van der Waals surface area contributed by atoms with Gasteiger partial charge < -0.3 is 14.5 Å². The number of halogens is 3. The lowest BCUT2D eigenvalue weighted by Gasteiger charge is -2.52. The first-order valence-electron chi connectivity index (χ1n) is 10.8. The van der Waals surface area contributed by atoms with Crippen LogP contribution in [-0.2, 0) is 19.1 Å². The highest BCUT2D eigenvalue weighted by molar-refractivity contribution is 6.35. The Morgan fingerprint density at radius 3 is 2.20 bits per heavy atom. The van der Waals surface area contributed by atoms with E-state index in [4.69, 9.17) is 4.74 Å². The summed E-state index contributed by atoms with van der Waals surface area (Å²) >= 11 is 0. The molecule has 170 valence electrons. The largest absolute Gasteiger partial charge is 0.469 e. The summed E-state index contributed by atoms with van der Waals surface area (Å²) in [5, 5.41) is 0. The molecule has 1 heterocycles. The Bertz CT molecular complexity index is 674. The SMILES string of the molecule is COC(=O)C1CCC(CN2C(=O)C(=O)N(C(C)C)C3CCC(C(F)(F)F)CC32)CC1. The Morgan fingerprint density at radius 2 is 1.67 bits per heavy atom. The minimum atomic E-state index is -4.30. The average Bonchev–Trinajstić information content (AvgIpc) is 2.70. The molecule has 1 saturated heterocycles. The molecule has 2 aliphatic carbocycles. The number of hydrogen-bond donors (Lipinski definition) is 0. The van der Waals surface area contributed by atoms with Crippen LogP contribution in [0.2, 0.25) is 0 Å². The van der Waals surface area contributed by atoms with E-state index in [9.17, 15) is 27.6 Å². The molecular formula is C21H31F3N2O4. The quantitative estimate of drug-likeness (QED) is 0.506. The third-order valence-electron chi connectivity index (χ3n) is 7.07.